The maximum Gasteiger partial charge on any atom is 0.123 e. The zero-order chi connectivity index (χ0) is 29.4. The van der Waals surface area contributed by atoms with Crippen LogP contribution in [0.4, 0.5) is 0 Å². The molecule has 0 heterocycles. The van der Waals surface area contributed by atoms with Crippen LogP contribution in [0, 0.1) is 12.8 Å². The van der Waals surface area contributed by atoms with E-state index in [1.54, 1.807) is 0 Å². The molecule has 0 atom stereocenters. The van der Waals surface area contributed by atoms with Gasteiger partial charge in [-0.2, -0.15) is 0 Å². The molecule has 2 aromatic rings. The number of rotatable bonds is 1. The monoisotopic (exact) mass is 524 g/mol. The molecule has 0 aliphatic heterocycles. The van der Waals surface area contributed by atoms with Gasteiger partial charge in [0.25, 0.3) is 0 Å². The standard InChI is InChI=1S/C21H34O.C15H24O.H2/c1-14-8-10-15(11-9-14)16-12-17(20(2,3)4)19(22)18(13-16)21(5,6)7;1-10-8-11(14(2,3)4)13(16)12(9-10)15(5,6)7;/h12-15,22H,8-11H2,1-7H3;8-9,16H,1-7H3;1H. The molecule has 216 valence electrons. The summed E-state index contributed by atoms with van der Waals surface area (Å²) >= 11 is 0. The molecule has 2 N–H and O–H groups in total. The van der Waals surface area contributed by atoms with Crippen LogP contribution in [0.1, 0.15) is 156 Å². The molecule has 0 bridgehead atoms. The molecular formula is C36H60O2. The Hall–Kier alpha value is -1.96. The first-order chi connectivity index (χ1) is 17.0. The van der Waals surface area contributed by atoms with Crippen molar-refractivity contribution in [3.8, 4) is 11.5 Å². The Morgan fingerprint density at radius 2 is 0.842 bits per heavy atom. The van der Waals surface area contributed by atoms with Crippen LogP contribution in [0.15, 0.2) is 24.3 Å². The van der Waals surface area contributed by atoms with Crippen molar-refractivity contribution in [2.75, 3.05) is 0 Å². The minimum Gasteiger partial charge on any atom is -0.507 e. The predicted molar refractivity (Wildman–Crippen MR) is 168 cm³/mol. The first-order valence-electron chi connectivity index (χ1n) is 14.8. The Bertz CT molecular complexity index is 1020. The molecule has 0 aromatic heterocycles. The van der Waals surface area contributed by atoms with Gasteiger partial charge in [-0.05, 0) is 81.1 Å². The summed E-state index contributed by atoms with van der Waals surface area (Å²) in [7, 11) is 0. The number of hydrogen-bond acceptors (Lipinski definition) is 2. The van der Waals surface area contributed by atoms with Crippen LogP contribution in [-0.4, -0.2) is 10.2 Å². The van der Waals surface area contributed by atoms with Crippen LogP contribution < -0.4 is 0 Å². The van der Waals surface area contributed by atoms with E-state index in [9.17, 15) is 10.2 Å². The van der Waals surface area contributed by atoms with E-state index < -0.39 is 0 Å². The van der Waals surface area contributed by atoms with Gasteiger partial charge in [0, 0.05) is 1.43 Å². The van der Waals surface area contributed by atoms with Crippen molar-refractivity contribution < 1.29 is 11.6 Å². The molecule has 2 nitrogen and oxygen atoms in total. The number of aryl methyl sites for hydroxylation is 1. The summed E-state index contributed by atoms with van der Waals surface area (Å²) in [6.07, 6.45) is 5.25. The summed E-state index contributed by atoms with van der Waals surface area (Å²) < 4.78 is 0. The van der Waals surface area contributed by atoms with E-state index in [0.717, 1.165) is 28.2 Å². The Morgan fingerprint density at radius 3 is 1.13 bits per heavy atom. The third kappa shape index (κ3) is 8.03. The zero-order valence-corrected chi connectivity index (χ0v) is 27.2. The third-order valence-corrected chi connectivity index (χ3v) is 8.11. The first-order valence-corrected chi connectivity index (χ1v) is 14.8. The summed E-state index contributed by atoms with van der Waals surface area (Å²) in [6, 6.07) is 8.74. The van der Waals surface area contributed by atoms with Gasteiger partial charge < -0.3 is 10.2 Å². The summed E-state index contributed by atoms with van der Waals surface area (Å²) in [6.45, 7) is 30.4. The normalized spacial score (nSPS) is 19.1. The Balaban J connectivity index is 0.000000399. The number of phenols is 2. The van der Waals surface area contributed by atoms with Crippen molar-refractivity contribution in [2.45, 2.75) is 150 Å². The highest BCUT2D eigenvalue weighted by Gasteiger charge is 2.29. The topological polar surface area (TPSA) is 40.5 Å². The lowest BCUT2D eigenvalue weighted by atomic mass is 9.74. The SMILES string of the molecule is CC1CCC(c2cc(C(C)(C)C)c(O)c(C(C)(C)C)c2)CC1.Cc1cc(C(C)(C)C)c(O)c(C(C)(C)C)c1.[HH]. The van der Waals surface area contributed by atoms with Gasteiger partial charge in [0.15, 0.2) is 0 Å². The average molecular weight is 525 g/mol. The second kappa shape index (κ2) is 11.3. The molecule has 2 heteroatoms. The van der Waals surface area contributed by atoms with E-state index in [1.165, 1.54) is 36.8 Å². The molecule has 1 saturated carbocycles. The molecule has 0 spiro atoms. The lowest BCUT2D eigenvalue weighted by Crippen LogP contribution is -2.19. The highest BCUT2D eigenvalue weighted by atomic mass is 16.3. The zero-order valence-electron chi connectivity index (χ0n) is 27.2. The quantitative estimate of drug-likeness (QED) is 0.389. The van der Waals surface area contributed by atoms with Gasteiger partial charge in [0.1, 0.15) is 11.5 Å². The molecule has 1 aliphatic carbocycles. The molecule has 0 amide bonds. The van der Waals surface area contributed by atoms with E-state index in [2.05, 4.69) is 121 Å². The van der Waals surface area contributed by atoms with E-state index in [0.29, 0.717) is 17.4 Å². The van der Waals surface area contributed by atoms with Crippen LogP contribution >= 0.6 is 0 Å². The highest BCUT2D eigenvalue weighted by Crippen LogP contribution is 2.44. The minimum atomic E-state index is -0.0257. The number of benzene rings is 2. The molecule has 38 heavy (non-hydrogen) atoms. The van der Waals surface area contributed by atoms with Gasteiger partial charge in [-0.25, -0.2) is 0 Å². The number of phenolic OH excluding ortho intramolecular Hbond substituents is 2. The van der Waals surface area contributed by atoms with Crippen LogP contribution in [0.2, 0.25) is 0 Å². The molecule has 3 rings (SSSR count). The molecule has 0 radical (unpaired) electrons. The van der Waals surface area contributed by atoms with Gasteiger partial charge in [0.2, 0.25) is 0 Å². The van der Waals surface area contributed by atoms with Gasteiger partial charge in [-0.3, -0.25) is 0 Å². The maximum absolute atomic E-state index is 10.8. The molecule has 2 aromatic carbocycles. The Morgan fingerprint density at radius 1 is 0.553 bits per heavy atom. The van der Waals surface area contributed by atoms with Crippen molar-refractivity contribution >= 4 is 0 Å². The maximum atomic E-state index is 10.8. The fourth-order valence-electron chi connectivity index (χ4n) is 5.55. The second-order valence-electron chi connectivity index (χ2n) is 16.1. The fraction of sp³-hybridized carbons (Fsp3) is 0.667. The largest absolute Gasteiger partial charge is 0.507 e. The van der Waals surface area contributed by atoms with Crippen LogP contribution in [-0.2, 0) is 21.7 Å². The first kappa shape index (κ1) is 32.3. The van der Waals surface area contributed by atoms with Crippen LogP contribution in [0.3, 0.4) is 0 Å². The number of aromatic hydroxyl groups is 2. The lowest BCUT2D eigenvalue weighted by Gasteiger charge is -2.32. The molecule has 0 unspecified atom stereocenters. The van der Waals surface area contributed by atoms with Crippen molar-refractivity contribution in [1.82, 2.24) is 0 Å². The summed E-state index contributed by atoms with van der Waals surface area (Å²) in [5.74, 6) is 2.51. The van der Waals surface area contributed by atoms with Gasteiger partial charge in [-0.15, -0.1) is 0 Å². The smallest absolute Gasteiger partial charge is 0.123 e. The van der Waals surface area contributed by atoms with Crippen molar-refractivity contribution in [1.29, 1.82) is 0 Å². The van der Waals surface area contributed by atoms with E-state index >= 15 is 0 Å². The van der Waals surface area contributed by atoms with Gasteiger partial charge in [0.05, 0.1) is 0 Å². The highest BCUT2D eigenvalue weighted by molar-refractivity contribution is 5.51. The van der Waals surface area contributed by atoms with E-state index in [-0.39, 0.29) is 23.1 Å². The summed E-state index contributed by atoms with van der Waals surface area (Å²) in [4.78, 5) is 0. The van der Waals surface area contributed by atoms with Crippen LogP contribution in [0.25, 0.3) is 0 Å². The van der Waals surface area contributed by atoms with Crippen LogP contribution in [0.5, 0.6) is 11.5 Å². The Kier molecular flexibility index (Phi) is 9.56. The number of hydrogen-bond donors (Lipinski definition) is 2. The Labute approximate surface area is 236 Å². The lowest BCUT2D eigenvalue weighted by molar-refractivity contribution is 0.346. The molecular weight excluding hydrogens is 464 g/mol. The third-order valence-electron chi connectivity index (χ3n) is 8.11. The van der Waals surface area contributed by atoms with Crippen molar-refractivity contribution in [3.63, 3.8) is 0 Å². The fourth-order valence-corrected chi connectivity index (χ4v) is 5.55. The molecule has 1 fully saturated rings. The molecule has 1 aliphatic rings. The van der Waals surface area contributed by atoms with Gasteiger partial charge in [-0.1, -0.05) is 133 Å². The van der Waals surface area contributed by atoms with Crippen molar-refractivity contribution in [2.24, 2.45) is 5.92 Å². The van der Waals surface area contributed by atoms with E-state index in [4.69, 9.17) is 0 Å². The summed E-state index contributed by atoms with van der Waals surface area (Å²) in [5, 5.41) is 21.2. The molecule has 0 saturated heterocycles. The minimum absolute atomic E-state index is 0. The van der Waals surface area contributed by atoms with E-state index in [1.807, 2.05) is 0 Å². The van der Waals surface area contributed by atoms with Crippen molar-refractivity contribution in [3.05, 3.63) is 57.6 Å². The van der Waals surface area contributed by atoms with Gasteiger partial charge >= 0.3 is 0 Å². The average Bonchev–Trinajstić information content (AvgIpc) is 2.73. The summed E-state index contributed by atoms with van der Waals surface area (Å²) in [5.41, 5.74) is 6.86. The second-order valence-corrected chi connectivity index (χ2v) is 16.1. The predicted octanol–water partition coefficient (Wildman–Crippen LogP) is 10.8.